The van der Waals surface area contributed by atoms with Crippen LogP contribution in [0, 0.1) is 20.8 Å². The van der Waals surface area contributed by atoms with E-state index in [2.05, 4.69) is 38.1 Å². The Kier molecular flexibility index (Phi) is 5.04. The lowest BCUT2D eigenvalue weighted by Gasteiger charge is -2.32. The Morgan fingerprint density at radius 1 is 1.30 bits per heavy atom. The summed E-state index contributed by atoms with van der Waals surface area (Å²) in [7, 11) is 0. The molecule has 1 unspecified atom stereocenters. The van der Waals surface area contributed by atoms with Crippen molar-refractivity contribution in [1.29, 1.82) is 0 Å². The Balaban J connectivity index is 1.40. The largest absolute Gasteiger partial charge is 0.342 e. The number of aromatic nitrogens is 4. The minimum atomic E-state index is 0.270. The molecule has 4 rings (SSSR count). The SMILES string of the molecule is Cc1nccn1CCCC(=O)N1CCCC(c2nc(C)n3c(C)csc23)C1. The van der Waals surface area contributed by atoms with E-state index in [-0.39, 0.29) is 5.91 Å². The van der Waals surface area contributed by atoms with Crippen LogP contribution in [0.25, 0.3) is 4.83 Å². The molecule has 0 saturated carbocycles. The number of piperidine rings is 1. The van der Waals surface area contributed by atoms with Gasteiger partial charge < -0.3 is 9.47 Å². The van der Waals surface area contributed by atoms with Gasteiger partial charge >= 0.3 is 0 Å². The Hall–Kier alpha value is -2.15. The standard InChI is InChI=1S/C20H27N5OS/c1-14-13-27-20-19(22-16(3)25(14)20)17-6-4-10-24(12-17)18(26)7-5-9-23-11-8-21-15(23)2/h8,11,13,17H,4-7,9-10,12H2,1-3H3. The number of nitrogens with zero attached hydrogens (tertiary/aromatic N) is 5. The van der Waals surface area contributed by atoms with Gasteiger partial charge in [-0.15, -0.1) is 11.3 Å². The zero-order chi connectivity index (χ0) is 19.0. The average molecular weight is 386 g/mol. The summed E-state index contributed by atoms with van der Waals surface area (Å²) >= 11 is 1.77. The maximum Gasteiger partial charge on any atom is 0.222 e. The van der Waals surface area contributed by atoms with Crippen molar-refractivity contribution in [2.24, 2.45) is 0 Å². The van der Waals surface area contributed by atoms with Gasteiger partial charge in [-0.1, -0.05) is 0 Å². The molecule has 0 bridgehead atoms. The molecule has 7 heteroatoms. The fourth-order valence-electron chi connectivity index (χ4n) is 4.15. The molecule has 1 saturated heterocycles. The quantitative estimate of drug-likeness (QED) is 0.673. The van der Waals surface area contributed by atoms with E-state index in [0.29, 0.717) is 12.3 Å². The molecule has 1 fully saturated rings. The maximum atomic E-state index is 12.7. The summed E-state index contributed by atoms with van der Waals surface area (Å²) in [5.74, 6) is 2.68. The van der Waals surface area contributed by atoms with E-state index >= 15 is 0 Å². The molecule has 1 aliphatic rings. The minimum absolute atomic E-state index is 0.270. The maximum absolute atomic E-state index is 12.7. The van der Waals surface area contributed by atoms with Crippen molar-refractivity contribution in [3.8, 4) is 0 Å². The Morgan fingerprint density at radius 3 is 2.93 bits per heavy atom. The number of likely N-dealkylation sites (tertiary alicyclic amines) is 1. The van der Waals surface area contributed by atoms with E-state index in [1.807, 2.05) is 19.3 Å². The summed E-state index contributed by atoms with van der Waals surface area (Å²) in [6.45, 7) is 8.71. The summed E-state index contributed by atoms with van der Waals surface area (Å²) in [5.41, 5.74) is 2.42. The summed E-state index contributed by atoms with van der Waals surface area (Å²) in [5, 5.41) is 2.19. The van der Waals surface area contributed by atoms with E-state index in [4.69, 9.17) is 4.98 Å². The number of aryl methyl sites for hydroxylation is 4. The van der Waals surface area contributed by atoms with Crippen LogP contribution in [0.15, 0.2) is 17.8 Å². The van der Waals surface area contributed by atoms with E-state index < -0.39 is 0 Å². The van der Waals surface area contributed by atoms with Gasteiger partial charge in [0.25, 0.3) is 0 Å². The number of carbonyl (C=O) groups is 1. The van der Waals surface area contributed by atoms with E-state index in [1.54, 1.807) is 11.3 Å². The summed E-state index contributed by atoms with van der Waals surface area (Å²) in [6.07, 6.45) is 7.41. The molecule has 27 heavy (non-hydrogen) atoms. The number of hydrogen-bond donors (Lipinski definition) is 0. The van der Waals surface area contributed by atoms with Crippen LogP contribution in [0.4, 0.5) is 0 Å². The highest BCUT2D eigenvalue weighted by Gasteiger charge is 2.28. The fourth-order valence-corrected chi connectivity index (χ4v) is 5.25. The van der Waals surface area contributed by atoms with Crippen LogP contribution in [-0.2, 0) is 11.3 Å². The first-order valence-electron chi connectivity index (χ1n) is 9.73. The third-order valence-electron chi connectivity index (χ3n) is 5.60. The van der Waals surface area contributed by atoms with E-state index in [1.165, 1.54) is 16.2 Å². The van der Waals surface area contributed by atoms with E-state index in [0.717, 1.165) is 50.5 Å². The van der Waals surface area contributed by atoms with Crippen LogP contribution in [0.3, 0.4) is 0 Å². The minimum Gasteiger partial charge on any atom is -0.342 e. The lowest BCUT2D eigenvalue weighted by molar-refractivity contribution is -0.132. The first kappa shape index (κ1) is 18.2. The molecule has 0 spiro atoms. The van der Waals surface area contributed by atoms with Crippen LogP contribution in [0.5, 0.6) is 0 Å². The van der Waals surface area contributed by atoms with Gasteiger partial charge in [0, 0.05) is 55.4 Å². The van der Waals surface area contributed by atoms with Crippen LogP contribution in [0.2, 0.25) is 0 Å². The van der Waals surface area contributed by atoms with Crippen molar-refractivity contribution < 1.29 is 4.79 Å². The van der Waals surface area contributed by atoms with Crippen molar-refractivity contribution in [2.75, 3.05) is 13.1 Å². The molecule has 3 aromatic rings. The third kappa shape index (κ3) is 3.52. The predicted octanol–water partition coefficient (Wildman–Crippen LogP) is 3.70. The van der Waals surface area contributed by atoms with Gasteiger partial charge in [-0.2, -0.15) is 0 Å². The Morgan fingerprint density at radius 2 is 2.15 bits per heavy atom. The number of carbonyl (C=O) groups excluding carboxylic acids is 1. The lowest BCUT2D eigenvalue weighted by Crippen LogP contribution is -2.39. The van der Waals surface area contributed by atoms with Crippen LogP contribution >= 0.6 is 11.3 Å². The highest BCUT2D eigenvalue weighted by atomic mass is 32.1. The van der Waals surface area contributed by atoms with Gasteiger partial charge in [-0.25, -0.2) is 9.97 Å². The summed E-state index contributed by atoms with van der Waals surface area (Å²) in [6, 6.07) is 0. The Bertz CT molecular complexity index is 953. The van der Waals surface area contributed by atoms with E-state index in [9.17, 15) is 4.79 Å². The first-order valence-corrected chi connectivity index (χ1v) is 10.6. The van der Waals surface area contributed by atoms with Gasteiger partial charge in [0.15, 0.2) is 0 Å². The monoisotopic (exact) mass is 385 g/mol. The van der Waals surface area contributed by atoms with Gasteiger partial charge in [0.05, 0.1) is 5.69 Å². The highest BCUT2D eigenvalue weighted by molar-refractivity contribution is 7.15. The topological polar surface area (TPSA) is 55.4 Å². The molecule has 6 nitrogen and oxygen atoms in total. The molecule has 4 heterocycles. The second-order valence-electron chi connectivity index (χ2n) is 7.51. The zero-order valence-corrected chi connectivity index (χ0v) is 17.1. The normalized spacial score (nSPS) is 17.7. The van der Waals surface area contributed by atoms with Crippen molar-refractivity contribution in [1.82, 2.24) is 23.8 Å². The van der Waals surface area contributed by atoms with Crippen LogP contribution in [0.1, 0.15) is 54.6 Å². The molecule has 0 aromatic carbocycles. The zero-order valence-electron chi connectivity index (χ0n) is 16.3. The fraction of sp³-hybridized carbons (Fsp3) is 0.550. The number of imidazole rings is 2. The van der Waals surface area contributed by atoms with Crippen molar-refractivity contribution in [3.05, 3.63) is 40.8 Å². The second kappa shape index (κ2) is 7.46. The smallest absolute Gasteiger partial charge is 0.222 e. The van der Waals surface area contributed by atoms with Gasteiger partial charge in [0.1, 0.15) is 16.5 Å². The molecule has 0 N–H and O–H groups in total. The molecule has 1 aliphatic heterocycles. The molecule has 1 amide bonds. The molecule has 3 aromatic heterocycles. The van der Waals surface area contributed by atoms with Crippen molar-refractivity contribution in [3.63, 3.8) is 0 Å². The second-order valence-corrected chi connectivity index (χ2v) is 8.37. The molecular formula is C20H27N5OS. The van der Waals surface area contributed by atoms with Crippen LogP contribution in [-0.4, -0.2) is 42.8 Å². The Labute approximate surface area is 163 Å². The first-order chi connectivity index (χ1) is 13.0. The number of thiazole rings is 1. The van der Waals surface area contributed by atoms with Crippen LogP contribution < -0.4 is 0 Å². The predicted molar refractivity (Wildman–Crippen MR) is 107 cm³/mol. The number of amides is 1. The molecule has 144 valence electrons. The molecule has 0 aliphatic carbocycles. The average Bonchev–Trinajstić information content (AvgIpc) is 3.34. The summed E-state index contributed by atoms with van der Waals surface area (Å²) < 4.78 is 4.35. The number of rotatable bonds is 5. The van der Waals surface area contributed by atoms with Gasteiger partial charge in [-0.05, 0) is 40.0 Å². The highest BCUT2D eigenvalue weighted by Crippen LogP contribution is 2.33. The number of fused-ring (bicyclic) bond motifs is 1. The van der Waals surface area contributed by atoms with Crippen molar-refractivity contribution in [2.45, 2.75) is 58.9 Å². The molecular weight excluding hydrogens is 358 g/mol. The third-order valence-corrected chi connectivity index (χ3v) is 6.67. The number of hydrogen-bond acceptors (Lipinski definition) is 4. The van der Waals surface area contributed by atoms with Gasteiger partial charge in [-0.3, -0.25) is 9.20 Å². The molecule has 0 radical (unpaired) electrons. The molecule has 1 atom stereocenters. The van der Waals surface area contributed by atoms with Gasteiger partial charge in [0.2, 0.25) is 5.91 Å². The summed E-state index contributed by atoms with van der Waals surface area (Å²) in [4.78, 5) is 25.1. The lowest BCUT2D eigenvalue weighted by atomic mass is 9.95. The van der Waals surface area contributed by atoms with Crippen molar-refractivity contribution >= 4 is 22.1 Å².